The Labute approximate surface area is 236 Å². The number of rotatable bonds is 7. The van der Waals surface area contributed by atoms with E-state index in [0.29, 0.717) is 18.9 Å². The lowest BCUT2D eigenvalue weighted by Gasteiger charge is -2.65. The van der Waals surface area contributed by atoms with Crippen LogP contribution in [0.5, 0.6) is 0 Å². The van der Waals surface area contributed by atoms with Gasteiger partial charge in [0.25, 0.3) is 0 Å². The largest absolute Gasteiger partial charge is 0.466 e. The maximum atomic E-state index is 12.4. The van der Waals surface area contributed by atoms with E-state index in [1.807, 2.05) is 6.92 Å². The van der Waals surface area contributed by atoms with Crippen molar-refractivity contribution in [1.82, 2.24) is 0 Å². The molecule has 4 saturated carbocycles. The fourth-order valence-electron chi connectivity index (χ4n) is 9.57. The van der Waals surface area contributed by atoms with Crippen molar-refractivity contribution in [2.24, 2.45) is 46.3 Å². The van der Waals surface area contributed by atoms with Gasteiger partial charge in [0.05, 0.1) is 12.7 Å². The maximum absolute atomic E-state index is 12.4. The molecule has 0 saturated heterocycles. The Kier molecular flexibility index (Phi) is 8.93. The molecule has 0 unspecified atom stereocenters. The lowest BCUT2D eigenvalue weighted by atomic mass is 9.43. The minimum Gasteiger partial charge on any atom is -0.466 e. The normalized spacial score (nSPS) is 44.7. The van der Waals surface area contributed by atoms with Crippen LogP contribution in [0.15, 0.2) is 0 Å². The zero-order valence-electron chi connectivity index (χ0n) is 23.9. The van der Waals surface area contributed by atoms with E-state index >= 15 is 0 Å². The number of aliphatic hydroxyl groups is 1. The highest BCUT2D eigenvalue weighted by atomic mass is 79.9. The second-order valence-corrected chi connectivity index (χ2v) is 14.1. The van der Waals surface area contributed by atoms with Crippen LogP contribution in [0.2, 0.25) is 0 Å². The highest BCUT2D eigenvalue weighted by Gasteiger charge is 2.68. The molecule has 0 amide bonds. The Morgan fingerprint density at radius 2 is 1.68 bits per heavy atom. The molecule has 0 bridgehead atoms. The number of hydrogen-bond acceptors (Lipinski definition) is 7. The van der Waals surface area contributed by atoms with E-state index in [2.05, 4.69) is 36.7 Å². The van der Waals surface area contributed by atoms with Crippen LogP contribution >= 0.6 is 15.9 Å². The average molecular weight is 600 g/mol. The summed E-state index contributed by atoms with van der Waals surface area (Å²) >= 11 is 3.93. The van der Waals surface area contributed by atoms with E-state index < -0.39 is 6.10 Å². The minimum atomic E-state index is -0.523. The highest BCUT2D eigenvalue weighted by molar-refractivity contribution is 9.09. The molecule has 12 atom stereocenters. The van der Waals surface area contributed by atoms with Gasteiger partial charge >= 0.3 is 17.9 Å². The number of carbonyl (C=O) groups excluding carboxylic acids is 3. The van der Waals surface area contributed by atoms with Crippen LogP contribution in [0.25, 0.3) is 0 Å². The fraction of sp³-hybridized carbons (Fsp3) is 0.900. The van der Waals surface area contributed by atoms with E-state index in [4.69, 9.17) is 14.2 Å². The van der Waals surface area contributed by atoms with Crippen LogP contribution in [-0.4, -0.2) is 52.8 Å². The summed E-state index contributed by atoms with van der Waals surface area (Å²) in [6.07, 6.45) is 5.46. The van der Waals surface area contributed by atoms with Gasteiger partial charge in [-0.05, 0) is 92.8 Å². The molecule has 38 heavy (non-hydrogen) atoms. The van der Waals surface area contributed by atoms with Gasteiger partial charge in [0, 0.05) is 30.5 Å². The van der Waals surface area contributed by atoms with Crippen LogP contribution in [0.1, 0.15) is 92.9 Å². The van der Waals surface area contributed by atoms with Gasteiger partial charge in [0.2, 0.25) is 0 Å². The summed E-state index contributed by atoms with van der Waals surface area (Å²) in [4.78, 5) is 36.1. The zero-order chi connectivity index (χ0) is 28.0. The van der Waals surface area contributed by atoms with E-state index in [0.717, 1.165) is 44.9 Å². The summed E-state index contributed by atoms with van der Waals surface area (Å²) in [5.74, 6) is 0.595. The number of hydrogen-bond donors (Lipinski definition) is 1. The number of aliphatic hydroxyl groups excluding tert-OH is 1. The summed E-state index contributed by atoms with van der Waals surface area (Å²) in [7, 11) is 0. The predicted molar refractivity (Wildman–Crippen MR) is 146 cm³/mol. The van der Waals surface area contributed by atoms with Gasteiger partial charge in [-0.15, -0.1) is 0 Å². The molecule has 0 aromatic carbocycles. The molecular formula is C30H47BrO7. The maximum Gasteiger partial charge on any atom is 0.305 e. The van der Waals surface area contributed by atoms with Crippen molar-refractivity contribution in [1.29, 1.82) is 0 Å². The molecule has 4 aliphatic carbocycles. The number of ether oxygens (including phenoxy) is 3. The van der Waals surface area contributed by atoms with Gasteiger partial charge < -0.3 is 19.3 Å². The molecule has 0 spiro atoms. The number of halogens is 1. The number of fused-ring (bicyclic) bond motifs is 5. The second-order valence-electron chi connectivity index (χ2n) is 13.0. The SMILES string of the molecule is CCOC(=O)CC[C@H](C)[C@H]1CC[C@H]2[C@H]3[C@H](O)[C@H](Br)[C@@H]4C[C@H](OC(C)=O)CC[C@]4(C)[C@@H]3C[C@H](OC(C)=O)[C@]12C. The van der Waals surface area contributed by atoms with Crippen LogP contribution in [-0.2, 0) is 28.6 Å². The van der Waals surface area contributed by atoms with Gasteiger partial charge in [-0.1, -0.05) is 36.7 Å². The molecule has 4 fully saturated rings. The van der Waals surface area contributed by atoms with Crippen molar-refractivity contribution >= 4 is 33.8 Å². The van der Waals surface area contributed by atoms with Gasteiger partial charge in [0.1, 0.15) is 12.2 Å². The molecule has 4 rings (SSSR count). The standard InChI is InChI=1S/C30H47BrO7/c1-7-36-25(34)11-8-16(2)20-9-10-21-26-22(15-24(30(20,21)6)38-18(4)33)29(5)13-12-19(37-17(3)32)14-23(29)27(31)28(26)35/h16,19-24,26-28,35H,7-15H2,1-6H3/t16-,19+,20+,21-,22+,23-,24-,26+,27+,28-,29+,30+/m0/s1. The van der Waals surface area contributed by atoms with Crippen LogP contribution in [0.3, 0.4) is 0 Å². The lowest BCUT2D eigenvalue weighted by Crippen LogP contribution is -2.66. The molecule has 0 aromatic rings. The first-order valence-corrected chi connectivity index (χ1v) is 15.6. The second kappa shape index (κ2) is 11.4. The van der Waals surface area contributed by atoms with Gasteiger partial charge in [-0.25, -0.2) is 0 Å². The molecular weight excluding hydrogens is 552 g/mol. The van der Waals surface area contributed by atoms with Crippen molar-refractivity contribution in [2.75, 3.05) is 6.61 Å². The van der Waals surface area contributed by atoms with Crippen molar-refractivity contribution in [3.05, 3.63) is 0 Å². The Bertz CT molecular complexity index is 909. The Morgan fingerprint density at radius 1 is 1.00 bits per heavy atom. The highest BCUT2D eigenvalue weighted by Crippen LogP contribution is 2.69. The third-order valence-corrected chi connectivity index (χ3v) is 12.4. The average Bonchev–Trinajstić information content (AvgIpc) is 3.20. The smallest absolute Gasteiger partial charge is 0.305 e. The molecule has 1 N–H and O–H groups in total. The lowest BCUT2D eigenvalue weighted by molar-refractivity contribution is -0.215. The van der Waals surface area contributed by atoms with Crippen LogP contribution in [0, 0.1) is 46.3 Å². The number of alkyl halides is 1. The van der Waals surface area contributed by atoms with E-state index in [1.165, 1.54) is 13.8 Å². The van der Waals surface area contributed by atoms with Gasteiger partial charge in [-0.3, -0.25) is 14.4 Å². The summed E-state index contributed by atoms with van der Waals surface area (Å²) < 4.78 is 17.0. The number of esters is 3. The molecule has 4 aliphatic rings. The molecule has 0 aliphatic heterocycles. The summed E-state index contributed by atoms with van der Waals surface area (Å²) in [5, 5.41) is 11.9. The third kappa shape index (κ3) is 5.17. The molecule has 0 aromatic heterocycles. The first-order valence-electron chi connectivity index (χ1n) is 14.7. The predicted octanol–water partition coefficient (Wildman–Crippen LogP) is 5.44. The van der Waals surface area contributed by atoms with Crippen molar-refractivity contribution < 1.29 is 33.7 Å². The summed E-state index contributed by atoms with van der Waals surface area (Å²) in [6.45, 7) is 12.0. The van der Waals surface area contributed by atoms with Crippen LogP contribution in [0.4, 0.5) is 0 Å². The quantitative estimate of drug-likeness (QED) is 0.236. The minimum absolute atomic E-state index is 0.0535. The topological polar surface area (TPSA) is 99.1 Å². The van der Waals surface area contributed by atoms with Gasteiger partial charge in [0.15, 0.2) is 0 Å². The number of carbonyl (C=O) groups is 3. The molecule has 0 heterocycles. The van der Waals surface area contributed by atoms with Gasteiger partial charge in [-0.2, -0.15) is 0 Å². The Morgan fingerprint density at radius 3 is 2.32 bits per heavy atom. The van der Waals surface area contributed by atoms with E-state index in [9.17, 15) is 19.5 Å². The summed E-state index contributed by atoms with van der Waals surface area (Å²) in [6, 6.07) is 0. The van der Waals surface area contributed by atoms with Crippen molar-refractivity contribution in [3.8, 4) is 0 Å². The molecule has 0 radical (unpaired) electrons. The molecule has 216 valence electrons. The molecule has 8 heteroatoms. The van der Waals surface area contributed by atoms with E-state index in [-0.39, 0.29) is 75.4 Å². The monoisotopic (exact) mass is 598 g/mol. The summed E-state index contributed by atoms with van der Waals surface area (Å²) in [5.41, 5.74) is -0.325. The zero-order valence-corrected chi connectivity index (χ0v) is 25.5. The third-order valence-electron chi connectivity index (χ3n) is 11.2. The molecule has 7 nitrogen and oxygen atoms in total. The first kappa shape index (κ1) is 29.8. The first-order chi connectivity index (χ1) is 17.8. The van der Waals surface area contributed by atoms with E-state index in [1.54, 1.807) is 0 Å². The van der Waals surface area contributed by atoms with Crippen molar-refractivity contribution in [3.63, 3.8) is 0 Å². The van der Waals surface area contributed by atoms with Crippen LogP contribution < -0.4 is 0 Å². The Balaban J connectivity index is 1.64. The Hall–Kier alpha value is -1.15. The fourth-order valence-corrected chi connectivity index (χ4v) is 10.7. The van der Waals surface area contributed by atoms with Crippen molar-refractivity contribution in [2.45, 2.75) is 116 Å².